The number of fused-ring (bicyclic) bond motifs is 1. The van der Waals surface area contributed by atoms with Gasteiger partial charge in [-0.2, -0.15) is 0 Å². The summed E-state index contributed by atoms with van der Waals surface area (Å²) in [5, 5.41) is 5.92. The number of amides is 3. The van der Waals surface area contributed by atoms with Gasteiger partial charge >= 0.3 is 6.03 Å². The second-order valence-electron chi connectivity index (χ2n) is 6.03. The first-order valence-electron chi connectivity index (χ1n) is 8.40. The lowest BCUT2D eigenvalue weighted by Crippen LogP contribution is -2.49. The van der Waals surface area contributed by atoms with E-state index in [2.05, 4.69) is 10.6 Å². The zero-order valence-corrected chi connectivity index (χ0v) is 13.8. The predicted octanol–water partition coefficient (Wildman–Crippen LogP) is 1.73. The van der Waals surface area contributed by atoms with E-state index in [0.29, 0.717) is 36.7 Å². The average molecular weight is 333 g/mol. The van der Waals surface area contributed by atoms with Crippen LogP contribution in [0.25, 0.3) is 0 Å². The molecule has 1 fully saturated rings. The molecule has 3 amide bonds. The van der Waals surface area contributed by atoms with Gasteiger partial charge in [0.2, 0.25) is 6.79 Å². The van der Waals surface area contributed by atoms with Gasteiger partial charge in [0, 0.05) is 31.2 Å². The van der Waals surface area contributed by atoms with Gasteiger partial charge in [-0.25, -0.2) is 4.79 Å². The molecule has 0 atom stereocenters. The van der Waals surface area contributed by atoms with E-state index in [9.17, 15) is 9.59 Å². The highest BCUT2D eigenvalue weighted by Crippen LogP contribution is 2.32. The van der Waals surface area contributed by atoms with Gasteiger partial charge in [0.05, 0.1) is 0 Å². The summed E-state index contributed by atoms with van der Waals surface area (Å²) in [6, 6.07) is 5.24. The topological polar surface area (TPSA) is 79.9 Å². The van der Waals surface area contributed by atoms with Crippen molar-refractivity contribution in [3.05, 3.63) is 23.8 Å². The van der Waals surface area contributed by atoms with Crippen molar-refractivity contribution in [2.75, 3.05) is 26.4 Å². The summed E-state index contributed by atoms with van der Waals surface area (Å²) >= 11 is 0. The summed E-state index contributed by atoms with van der Waals surface area (Å²) in [5.41, 5.74) is 0.558. The van der Waals surface area contributed by atoms with Crippen LogP contribution in [0.5, 0.6) is 11.5 Å². The number of carbonyl (C=O) groups excluding carboxylic acids is 2. The minimum atomic E-state index is -0.123. The summed E-state index contributed by atoms with van der Waals surface area (Å²) < 4.78 is 10.5. The van der Waals surface area contributed by atoms with Crippen molar-refractivity contribution in [1.29, 1.82) is 0 Å². The van der Waals surface area contributed by atoms with Crippen LogP contribution < -0.4 is 20.1 Å². The number of hydrogen-bond donors (Lipinski definition) is 2. The maximum Gasteiger partial charge on any atom is 0.317 e. The molecular formula is C17H23N3O4. The van der Waals surface area contributed by atoms with Crippen LogP contribution in [0.15, 0.2) is 18.2 Å². The number of urea groups is 1. The predicted molar refractivity (Wildman–Crippen MR) is 88.3 cm³/mol. The van der Waals surface area contributed by atoms with Crippen LogP contribution in [0.2, 0.25) is 0 Å². The van der Waals surface area contributed by atoms with Gasteiger partial charge in [-0.05, 0) is 37.5 Å². The molecule has 7 nitrogen and oxygen atoms in total. The van der Waals surface area contributed by atoms with E-state index in [1.807, 2.05) is 6.92 Å². The van der Waals surface area contributed by atoms with Crippen LogP contribution in [0, 0.1) is 0 Å². The van der Waals surface area contributed by atoms with Crippen molar-refractivity contribution < 1.29 is 19.1 Å². The lowest BCUT2D eigenvalue weighted by Gasteiger charge is -2.32. The highest BCUT2D eigenvalue weighted by molar-refractivity contribution is 5.95. The van der Waals surface area contributed by atoms with Gasteiger partial charge < -0.3 is 25.0 Å². The van der Waals surface area contributed by atoms with E-state index in [1.54, 1.807) is 23.1 Å². The fourth-order valence-electron chi connectivity index (χ4n) is 2.88. The van der Waals surface area contributed by atoms with Gasteiger partial charge in [0.15, 0.2) is 11.5 Å². The van der Waals surface area contributed by atoms with E-state index in [-0.39, 0.29) is 24.8 Å². The number of benzene rings is 1. The molecule has 2 N–H and O–H groups in total. The third kappa shape index (κ3) is 3.72. The van der Waals surface area contributed by atoms with Crippen LogP contribution in [0.1, 0.15) is 36.5 Å². The van der Waals surface area contributed by atoms with E-state index in [1.165, 1.54) is 0 Å². The number of piperidine rings is 1. The van der Waals surface area contributed by atoms with Crippen LogP contribution >= 0.6 is 0 Å². The SMILES string of the molecule is CCCNC(=O)N1CCC(NC(=O)c2ccc3c(c2)OCO3)CC1. The molecule has 2 heterocycles. The molecule has 0 aromatic heterocycles. The number of hydrogen-bond acceptors (Lipinski definition) is 4. The van der Waals surface area contributed by atoms with Gasteiger partial charge in [0.25, 0.3) is 5.91 Å². The lowest BCUT2D eigenvalue weighted by atomic mass is 10.0. The van der Waals surface area contributed by atoms with Gasteiger partial charge in [-0.1, -0.05) is 6.92 Å². The Hall–Kier alpha value is -2.44. The minimum absolute atomic E-state index is 0.0163. The number of nitrogens with one attached hydrogen (secondary N) is 2. The maximum atomic E-state index is 12.4. The number of rotatable bonds is 4. The Morgan fingerprint density at radius 1 is 1.21 bits per heavy atom. The zero-order chi connectivity index (χ0) is 16.9. The van der Waals surface area contributed by atoms with Crippen molar-refractivity contribution in [3.63, 3.8) is 0 Å². The molecule has 1 aromatic rings. The van der Waals surface area contributed by atoms with Crippen LogP contribution in [0.4, 0.5) is 4.79 Å². The first-order chi connectivity index (χ1) is 11.7. The van der Waals surface area contributed by atoms with Crippen LogP contribution in [0.3, 0.4) is 0 Å². The van der Waals surface area contributed by atoms with Gasteiger partial charge in [-0.15, -0.1) is 0 Å². The fourth-order valence-corrected chi connectivity index (χ4v) is 2.88. The quantitative estimate of drug-likeness (QED) is 0.879. The lowest BCUT2D eigenvalue weighted by molar-refractivity contribution is 0.0917. The monoisotopic (exact) mass is 333 g/mol. The fraction of sp³-hybridized carbons (Fsp3) is 0.529. The molecule has 0 spiro atoms. The zero-order valence-electron chi connectivity index (χ0n) is 13.8. The van der Waals surface area contributed by atoms with E-state index >= 15 is 0 Å². The molecule has 0 aliphatic carbocycles. The average Bonchev–Trinajstić information content (AvgIpc) is 3.08. The molecule has 1 saturated heterocycles. The summed E-state index contributed by atoms with van der Waals surface area (Å²) in [6.07, 6.45) is 2.44. The molecule has 2 aliphatic heterocycles. The molecule has 0 unspecified atom stereocenters. The number of likely N-dealkylation sites (tertiary alicyclic amines) is 1. The van der Waals surface area contributed by atoms with Crippen LogP contribution in [-0.2, 0) is 0 Å². The second kappa shape index (κ2) is 7.42. The molecule has 24 heavy (non-hydrogen) atoms. The molecule has 130 valence electrons. The van der Waals surface area contributed by atoms with Crippen molar-refractivity contribution in [2.45, 2.75) is 32.2 Å². The van der Waals surface area contributed by atoms with Gasteiger partial charge in [-0.3, -0.25) is 4.79 Å². The maximum absolute atomic E-state index is 12.4. The van der Waals surface area contributed by atoms with E-state index < -0.39 is 0 Å². The highest BCUT2D eigenvalue weighted by Gasteiger charge is 2.24. The summed E-state index contributed by atoms with van der Waals surface area (Å²) in [4.78, 5) is 26.1. The smallest absolute Gasteiger partial charge is 0.317 e. The third-order valence-electron chi connectivity index (χ3n) is 4.28. The molecule has 0 saturated carbocycles. The highest BCUT2D eigenvalue weighted by atomic mass is 16.7. The summed E-state index contributed by atoms with van der Waals surface area (Å²) in [5.74, 6) is 1.14. The normalized spacial score (nSPS) is 16.8. The first-order valence-corrected chi connectivity index (χ1v) is 8.40. The molecule has 7 heteroatoms. The van der Waals surface area contributed by atoms with E-state index in [4.69, 9.17) is 9.47 Å². The van der Waals surface area contributed by atoms with Crippen LogP contribution in [-0.4, -0.2) is 49.3 Å². The molecule has 3 rings (SSSR count). The Morgan fingerprint density at radius 2 is 1.96 bits per heavy atom. The molecule has 1 aromatic carbocycles. The Bertz CT molecular complexity index is 612. The Kier molecular flexibility index (Phi) is 5.08. The number of nitrogens with zero attached hydrogens (tertiary/aromatic N) is 1. The molecule has 0 radical (unpaired) electrons. The molecule has 0 bridgehead atoms. The van der Waals surface area contributed by atoms with E-state index in [0.717, 1.165) is 19.3 Å². The summed E-state index contributed by atoms with van der Waals surface area (Å²) in [7, 11) is 0. The van der Waals surface area contributed by atoms with Crippen molar-refractivity contribution in [2.24, 2.45) is 0 Å². The third-order valence-corrected chi connectivity index (χ3v) is 4.28. The molecular weight excluding hydrogens is 310 g/mol. The first kappa shape index (κ1) is 16.4. The van der Waals surface area contributed by atoms with Crippen molar-refractivity contribution >= 4 is 11.9 Å². The summed E-state index contributed by atoms with van der Waals surface area (Å²) in [6.45, 7) is 4.22. The number of carbonyl (C=O) groups is 2. The van der Waals surface area contributed by atoms with Gasteiger partial charge in [0.1, 0.15) is 0 Å². The number of ether oxygens (including phenoxy) is 2. The Morgan fingerprint density at radius 3 is 2.71 bits per heavy atom. The Labute approximate surface area is 141 Å². The largest absolute Gasteiger partial charge is 0.454 e. The second-order valence-corrected chi connectivity index (χ2v) is 6.03. The van der Waals surface area contributed by atoms with Crippen molar-refractivity contribution in [3.8, 4) is 11.5 Å². The van der Waals surface area contributed by atoms with Crippen molar-refractivity contribution in [1.82, 2.24) is 15.5 Å². The standard InChI is InChI=1S/C17H23N3O4/c1-2-7-18-17(22)20-8-5-13(6-9-20)19-16(21)12-3-4-14-15(10-12)24-11-23-14/h3-4,10,13H,2,5-9,11H2,1H3,(H,18,22)(H,19,21). The Balaban J connectivity index is 1.49. The molecule has 2 aliphatic rings. The minimum Gasteiger partial charge on any atom is -0.454 e.